The maximum atomic E-state index is 13.4. The molecule has 6 heteroatoms. The molecular formula is C25H21ClN2O2S. The van der Waals surface area contributed by atoms with Crippen LogP contribution in [0.2, 0.25) is 5.02 Å². The SMILES string of the molecule is CCc1ccccc1NC1=C(Sc2ccc(Cl)cc2)C(=O)N(c2ccc(C)cc2)C1=O. The second-order valence-electron chi connectivity index (χ2n) is 7.18. The fourth-order valence-electron chi connectivity index (χ4n) is 3.35. The molecule has 2 amide bonds. The van der Waals surface area contributed by atoms with Crippen LogP contribution in [-0.2, 0) is 16.0 Å². The quantitative estimate of drug-likeness (QED) is 0.456. The highest BCUT2D eigenvalue weighted by Gasteiger charge is 2.40. The smallest absolute Gasteiger partial charge is 0.283 e. The minimum Gasteiger partial charge on any atom is -0.350 e. The Balaban J connectivity index is 1.76. The highest BCUT2D eigenvalue weighted by molar-refractivity contribution is 8.04. The molecule has 156 valence electrons. The van der Waals surface area contributed by atoms with Crippen molar-refractivity contribution in [2.75, 3.05) is 10.2 Å². The fraction of sp³-hybridized carbons (Fsp3) is 0.120. The molecule has 1 heterocycles. The van der Waals surface area contributed by atoms with Crippen molar-refractivity contribution in [1.82, 2.24) is 0 Å². The zero-order chi connectivity index (χ0) is 22.0. The molecule has 0 saturated heterocycles. The van der Waals surface area contributed by atoms with E-state index in [0.29, 0.717) is 15.6 Å². The Bertz CT molecular complexity index is 1170. The van der Waals surface area contributed by atoms with Crippen molar-refractivity contribution in [1.29, 1.82) is 0 Å². The third-order valence-corrected chi connectivity index (χ3v) is 6.37. The molecule has 0 saturated carbocycles. The van der Waals surface area contributed by atoms with E-state index in [4.69, 9.17) is 11.6 Å². The number of thioether (sulfide) groups is 1. The van der Waals surface area contributed by atoms with Crippen LogP contribution in [0.15, 0.2) is 88.3 Å². The van der Waals surface area contributed by atoms with Gasteiger partial charge in [-0.3, -0.25) is 9.59 Å². The van der Waals surface area contributed by atoms with E-state index in [0.717, 1.165) is 28.1 Å². The van der Waals surface area contributed by atoms with Crippen LogP contribution < -0.4 is 10.2 Å². The maximum absolute atomic E-state index is 13.4. The van der Waals surface area contributed by atoms with E-state index in [1.807, 2.05) is 55.5 Å². The Morgan fingerprint density at radius 1 is 0.903 bits per heavy atom. The van der Waals surface area contributed by atoms with Crippen LogP contribution in [0.3, 0.4) is 0 Å². The largest absolute Gasteiger partial charge is 0.350 e. The molecule has 4 rings (SSSR count). The summed E-state index contributed by atoms with van der Waals surface area (Å²) in [5.41, 5.74) is 3.78. The van der Waals surface area contributed by atoms with Gasteiger partial charge in [0.2, 0.25) is 0 Å². The van der Waals surface area contributed by atoms with E-state index in [1.165, 1.54) is 16.7 Å². The van der Waals surface area contributed by atoms with Crippen molar-refractivity contribution >= 4 is 46.6 Å². The van der Waals surface area contributed by atoms with Gasteiger partial charge in [-0.15, -0.1) is 0 Å². The second kappa shape index (κ2) is 9.00. The highest BCUT2D eigenvalue weighted by Crippen LogP contribution is 2.38. The summed E-state index contributed by atoms with van der Waals surface area (Å²) < 4.78 is 0. The Kier molecular flexibility index (Phi) is 6.16. The summed E-state index contributed by atoms with van der Waals surface area (Å²) in [6, 6.07) is 22.4. The summed E-state index contributed by atoms with van der Waals surface area (Å²) in [5.74, 6) is -0.707. The molecule has 0 fully saturated rings. The van der Waals surface area contributed by atoms with Crippen molar-refractivity contribution in [2.24, 2.45) is 0 Å². The molecular weight excluding hydrogens is 428 g/mol. The molecule has 0 aromatic heterocycles. The Labute approximate surface area is 190 Å². The van der Waals surface area contributed by atoms with Crippen LogP contribution in [-0.4, -0.2) is 11.8 Å². The van der Waals surface area contributed by atoms with Gasteiger partial charge in [0.25, 0.3) is 11.8 Å². The molecule has 1 N–H and O–H groups in total. The van der Waals surface area contributed by atoms with Crippen LogP contribution in [0, 0.1) is 6.92 Å². The number of hydrogen-bond acceptors (Lipinski definition) is 4. The second-order valence-corrected chi connectivity index (χ2v) is 8.70. The first-order valence-corrected chi connectivity index (χ1v) is 11.2. The van der Waals surface area contributed by atoms with Crippen molar-refractivity contribution in [2.45, 2.75) is 25.2 Å². The van der Waals surface area contributed by atoms with Gasteiger partial charge in [-0.05, 0) is 61.4 Å². The first-order chi connectivity index (χ1) is 15.0. The molecule has 1 aliphatic heterocycles. The number of rotatable bonds is 6. The average Bonchev–Trinajstić information content (AvgIpc) is 3.00. The van der Waals surface area contributed by atoms with Gasteiger partial charge in [0, 0.05) is 15.6 Å². The third-order valence-electron chi connectivity index (χ3n) is 5.03. The monoisotopic (exact) mass is 448 g/mol. The zero-order valence-electron chi connectivity index (χ0n) is 17.2. The topological polar surface area (TPSA) is 49.4 Å². The Morgan fingerprint density at radius 3 is 2.26 bits per heavy atom. The number of nitrogens with one attached hydrogen (secondary N) is 1. The van der Waals surface area contributed by atoms with Crippen molar-refractivity contribution < 1.29 is 9.59 Å². The van der Waals surface area contributed by atoms with Crippen molar-refractivity contribution in [3.8, 4) is 0 Å². The summed E-state index contributed by atoms with van der Waals surface area (Å²) in [4.78, 5) is 29.2. The van der Waals surface area contributed by atoms with Gasteiger partial charge in [0.15, 0.2) is 0 Å². The molecule has 0 aliphatic carbocycles. The number of anilines is 2. The lowest BCUT2D eigenvalue weighted by atomic mass is 10.1. The average molecular weight is 449 g/mol. The van der Waals surface area contributed by atoms with Gasteiger partial charge in [-0.2, -0.15) is 0 Å². The number of halogens is 1. The summed E-state index contributed by atoms with van der Waals surface area (Å²) in [6.07, 6.45) is 0.805. The summed E-state index contributed by atoms with van der Waals surface area (Å²) >= 11 is 7.26. The molecule has 0 atom stereocenters. The van der Waals surface area contributed by atoms with Gasteiger partial charge in [0.05, 0.1) is 5.69 Å². The lowest BCUT2D eigenvalue weighted by Crippen LogP contribution is -2.32. The summed E-state index contributed by atoms with van der Waals surface area (Å²) in [5, 5.41) is 3.87. The lowest BCUT2D eigenvalue weighted by Gasteiger charge is -2.16. The minimum absolute atomic E-state index is 0.284. The fourth-order valence-corrected chi connectivity index (χ4v) is 4.40. The number of imide groups is 1. The standard InChI is InChI=1S/C25H21ClN2O2S/c1-3-17-6-4-5-7-21(17)27-22-23(31-20-14-10-18(26)11-15-20)25(30)28(24(22)29)19-12-8-16(2)9-13-19/h4-15,27H,3H2,1-2H3. The summed E-state index contributed by atoms with van der Waals surface area (Å²) in [6.45, 7) is 4.02. The predicted octanol–water partition coefficient (Wildman–Crippen LogP) is 6.20. The first kappa shape index (κ1) is 21.2. The van der Waals surface area contributed by atoms with E-state index in [9.17, 15) is 9.59 Å². The Hall–Kier alpha value is -3.02. The van der Waals surface area contributed by atoms with Gasteiger partial charge in [-0.25, -0.2) is 4.90 Å². The van der Waals surface area contributed by atoms with Gasteiger partial charge < -0.3 is 5.32 Å². The number of para-hydroxylation sites is 1. The molecule has 1 aliphatic rings. The van der Waals surface area contributed by atoms with E-state index in [1.54, 1.807) is 24.3 Å². The van der Waals surface area contributed by atoms with Crippen molar-refractivity contribution in [3.05, 3.63) is 99.5 Å². The lowest BCUT2D eigenvalue weighted by molar-refractivity contribution is -0.120. The highest BCUT2D eigenvalue weighted by atomic mass is 35.5. The van der Waals surface area contributed by atoms with E-state index in [2.05, 4.69) is 12.2 Å². The van der Waals surface area contributed by atoms with Crippen LogP contribution in [0.4, 0.5) is 11.4 Å². The Morgan fingerprint density at radius 2 is 1.58 bits per heavy atom. The molecule has 0 bridgehead atoms. The summed E-state index contributed by atoms with van der Waals surface area (Å²) in [7, 11) is 0. The predicted molar refractivity (Wildman–Crippen MR) is 127 cm³/mol. The molecule has 3 aromatic carbocycles. The van der Waals surface area contributed by atoms with Crippen LogP contribution >= 0.6 is 23.4 Å². The van der Waals surface area contributed by atoms with Crippen LogP contribution in [0.5, 0.6) is 0 Å². The molecule has 31 heavy (non-hydrogen) atoms. The number of hydrogen-bond donors (Lipinski definition) is 1. The molecule has 3 aromatic rings. The van der Waals surface area contributed by atoms with Gasteiger partial charge in [-0.1, -0.05) is 66.2 Å². The minimum atomic E-state index is -0.365. The number of carbonyl (C=O) groups excluding carboxylic acids is 2. The number of amides is 2. The first-order valence-electron chi connectivity index (χ1n) is 9.96. The molecule has 0 radical (unpaired) electrons. The van der Waals surface area contributed by atoms with Crippen LogP contribution in [0.25, 0.3) is 0 Å². The number of nitrogens with zero attached hydrogens (tertiary/aromatic N) is 1. The number of carbonyl (C=O) groups is 2. The van der Waals surface area contributed by atoms with Gasteiger partial charge in [0.1, 0.15) is 10.6 Å². The van der Waals surface area contributed by atoms with E-state index in [-0.39, 0.29) is 17.5 Å². The molecule has 4 nitrogen and oxygen atoms in total. The maximum Gasteiger partial charge on any atom is 0.283 e. The van der Waals surface area contributed by atoms with E-state index < -0.39 is 0 Å². The zero-order valence-corrected chi connectivity index (χ0v) is 18.8. The van der Waals surface area contributed by atoms with E-state index >= 15 is 0 Å². The molecule has 0 spiro atoms. The third kappa shape index (κ3) is 4.38. The van der Waals surface area contributed by atoms with Crippen LogP contribution in [0.1, 0.15) is 18.1 Å². The number of benzene rings is 3. The number of aryl methyl sites for hydroxylation is 2. The normalized spacial score (nSPS) is 13.8. The van der Waals surface area contributed by atoms with Crippen molar-refractivity contribution in [3.63, 3.8) is 0 Å². The molecule has 0 unspecified atom stereocenters. The van der Waals surface area contributed by atoms with Gasteiger partial charge >= 0.3 is 0 Å².